The number of carbonyl (C=O) groups excluding carboxylic acids is 1. The summed E-state index contributed by atoms with van der Waals surface area (Å²) in [6.07, 6.45) is 0. The molecule has 1 aromatic heterocycles. The smallest absolute Gasteiger partial charge is 0.211 e. The number of ketones is 1. The highest BCUT2D eigenvalue weighted by Crippen LogP contribution is 2.24. The van der Waals surface area contributed by atoms with Gasteiger partial charge in [0.1, 0.15) is 5.75 Å². The summed E-state index contributed by atoms with van der Waals surface area (Å²) >= 11 is 4.78. The van der Waals surface area contributed by atoms with Gasteiger partial charge in [0.2, 0.25) is 5.78 Å². The number of hydrogen-bond donors (Lipinski definition) is 0. The second-order valence-electron chi connectivity index (χ2n) is 4.08. The third-order valence-corrected chi connectivity index (χ3v) is 4.45. The molecule has 4 heteroatoms. The molecule has 0 fully saturated rings. The van der Waals surface area contributed by atoms with E-state index >= 15 is 0 Å². The van der Waals surface area contributed by atoms with E-state index in [0.717, 1.165) is 21.3 Å². The molecule has 0 aliphatic heterocycles. The summed E-state index contributed by atoms with van der Waals surface area (Å²) in [7, 11) is 0. The second kappa shape index (κ2) is 5.67. The van der Waals surface area contributed by atoms with E-state index in [1.807, 2.05) is 43.5 Å². The van der Waals surface area contributed by atoms with E-state index in [1.54, 1.807) is 0 Å². The SMILES string of the molecule is Cc1ccc(C)c(OCC(=O)c2sccc2Br)c1. The normalized spacial score (nSPS) is 10.4. The molecule has 2 aromatic rings. The van der Waals surface area contributed by atoms with Crippen molar-refractivity contribution in [1.82, 2.24) is 0 Å². The van der Waals surface area contributed by atoms with Gasteiger partial charge in [0.15, 0.2) is 6.61 Å². The first kappa shape index (κ1) is 13.3. The average Bonchev–Trinajstić information content (AvgIpc) is 2.76. The van der Waals surface area contributed by atoms with E-state index in [0.29, 0.717) is 4.88 Å². The predicted molar refractivity (Wildman–Crippen MR) is 77.8 cm³/mol. The number of thiophene rings is 1. The molecular weight excluding hydrogens is 312 g/mol. The maximum Gasteiger partial charge on any atom is 0.211 e. The van der Waals surface area contributed by atoms with Gasteiger partial charge in [0.25, 0.3) is 0 Å². The van der Waals surface area contributed by atoms with Gasteiger partial charge < -0.3 is 4.74 Å². The molecule has 0 aliphatic carbocycles. The maximum atomic E-state index is 12.0. The van der Waals surface area contributed by atoms with Gasteiger partial charge in [0.05, 0.1) is 4.88 Å². The zero-order chi connectivity index (χ0) is 13.1. The lowest BCUT2D eigenvalue weighted by Crippen LogP contribution is -2.11. The van der Waals surface area contributed by atoms with Gasteiger partial charge in [-0.25, -0.2) is 0 Å². The van der Waals surface area contributed by atoms with Crippen LogP contribution in [-0.2, 0) is 0 Å². The van der Waals surface area contributed by atoms with Gasteiger partial charge in [-0.1, -0.05) is 12.1 Å². The van der Waals surface area contributed by atoms with Crippen LogP contribution < -0.4 is 4.74 Å². The molecule has 1 aromatic carbocycles. The summed E-state index contributed by atoms with van der Waals surface area (Å²) in [6, 6.07) is 7.85. The molecule has 0 radical (unpaired) electrons. The third kappa shape index (κ3) is 3.00. The minimum absolute atomic E-state index is 0.00205. The molecule has 2 rings (SSSR count). The number of aryl methyl sites for hydroxylation is 2. The van der Waals surface area contributed by atoms with Crippen LogP contribution in [0.25, 0.3) is 0 Å². The quantitative estimate of drug-likeness (QED) is 0.780. The third-order valence-electron chi connectivity index (χ3n) is 2.57. The Balaban J connectivity index is 2.06. The van der Waals surface area contributed by atoms with Crippen LogP contribution in [0.1, 0.15) is 20.8 Å². The van der Waals surface area contributed by atoms with Crippen LogP contribution in [0.2, 0.25) is 0 Å². The topological polar surface area (TPSA) is 26.3 Å². The van der Waals surface area contributed by atoms with Gasteiger partial charge in [-0.15, -0.1) is 11.3 Å². The van der Waals surface area contributed by atoms with Crippen molar-refractivity contribution in [3.63, 3.8) is 0 Å². The van der Waals surface area contributed by atoms with Gasteiger partial charge in [-0.2, -0.15) is 0 Å². The fourth-order valence-corrected chi connectivity index (χ4v) is 3.08. The van der Waals surface area contributed by atoms with E-state index in [-0.39, 0.29) is 12.4 Å². The Morgan fingerprint density at radius 1 is 1.33 bits per heavy atom. The summed E-state index contributed by atoms with van der Waals surface area (Å²) in [4.78, 5) is 12.7. The first-order chi connectivity index (χ1) is 8.58. The fourth-order valence-electron chi connectivity index (χ4n) is 1.56. The van der Waals surface area contributed by atoms with Crippen LogP contribution in [0.3, 0.4) is 0 Å². The van der Waals surface area contributed by atoms with Crippen molar-refractivity contribution in [3.05, 3.63) is 50.1 Å². The lowest BCUT2D eigenvalue weighted by Gasteiger charge is -2.08. The molecule has 0 aliphatic rings. The molecule has 0 N–H and O–H groups in total. The summed E-state index contributed by atoms with van der Waals surface area (Å²) in [6.45, 7) is 4.05. The first-order valence-corrected chi connectivity index (χ1v) is 7.21. The summed E-state index contributed by atoms with van der Waals surface area (Å²) < 4.78 is 6.43. The summed E-state index contributed by atoms with van der Waals surface area (Å²) in [5.74, 6) is 0.772. The van der Waals surface area contributed by atoms with Gasteiger partial charge in [-0.3, -0.25) is 4.79 Å². The number of carbonyl (C=O) groups is 1. The number of ether oxygens (including phenoxy) is 1. The standard InChI is InChI=1S/C14H13BrO2S/c1-9-3-4-10(2)13(7-9)17-8-12(16)14-11(15)5-6-18-14/h3-7H,8H2,1-2H3. The zero-order valence-electron chi connectivity index (χ0n) is 10.2. The first-order valence-electron chi connectivity index (χ1n) is 5.54. The van der Waals surface area contributed by atoms with Crippen LogP contribution >= 0.6 is 27.3 Å². The number of hydrogen-bond acceptors (Lipinski definition) is 3. The molecule has 18 heavy (non-hydrogen) atoms. The minimum Gasteiger partial charge on any atom is -0.485 e. The predicted octanol–water partition coefficient (Wildman–Crippen LogP) is 4.39. The highest BCUT2D eigenvalue weighted by Gasteiger charge is 2.12. The van der Waals surface area contributed by atoms with Crippen molar-refractivity contribution >= 4 is 33.0 Å². The summed E-state index contributed by atoms with van der Waals surface area (Å²) in [5, 5.41) is 1.88. The zero-order valence-corrected chi connectivity index (χ0v) is 12.6. The van der Waals surface area contributed by atoms with Crippen LogP contribution in [0.4, 0.5) is 0 Å². The van der Waals surface area contributed by atoms with Crippen molar-refractivity contribution in [2.45, 2.75) is 13.8 Å². The van der Waals surface area contributed by atoms with E-state index in [1.165, 1.54) is 11.3 Å². The van der Waals surface area contributed by atoms with E-state index in [9.17, 15) is 4.79 Å². The number of halogens is 1. The fraction of sp³-hybridized carbons (Fsp3) is 0.214. The molecule has 0 unspecified atom stereocenters. The Morgan fingerprint density at radius 2 is 2.11 bits per heavy atom. The van der Waals surface area contributed by atoms with Crippen molar-refractivity contribution in [1.29, 1.82) is 0 Å². The number of rotatable bonds is 4. The largest absolute Gasteiger partial charge is 0.485 e. The van der Waals surface area contributed by atoms with Crippen molar-refractivity contribution in [3.8, 4) is 5.75 Å². The molecule has 0 atom stereocenters. The average molecular weight is 325 g/mol. The maximum absolute atomic E-state index is 12.0. The highest BCUT2D eigenvalue weighted by atomic mass is 79.9. The van der Waals surface area contributed by atoms with Crippen molar-refractivity contribution in [2.75, 3.05) is 6.61 Å². The van der Waals surface area contributed by atoms with Crippen molar-refractivity contribution < 1.29 is 9.53 Å². The molecule has 94 valence electrons. The lowest BCUT2D eigenvalue weighted by atomic mass is 10.1. The number of benzene rings is 1. The van der Waals surface area contributed by atoms with Crippen molar-refractivity contribution in [2.24, 2.45) is 0 Å². The summed E-state index contributed by atoms with van der Waals surface area (Å²) in [5.41, 5.74) is 2.17. The van der Waals surface area contributed by atoms with Crippen LogP contribution in [0.5, 0.6) is 5.75 Å². The lowest BCUT2D eigenvalue weighted by molar-refractivity contribution is 0.0924. The molecule has 0 bridgehead atoms. The molecular formula is C14H13BrO2S. The van der Waals surface area contributed by atoms with Crippen LogP contribution in [-0.4, -0.2) is 12.4 Å². The highest BCUT2D eigenvalue weighted by molar-refractivity contribution is 9.10. The molecule has 1 heterocycles. The Labute approximate surface area is 119 Å². The van der Waals surface area contributed by atoms with Gasteiger partial charge >= 0.3 is 0 Å². The van der Waals surface area contributed by atoms with E-state index in [4.69, 9.17) is 4.74 Å². The minimum atomic E-state index is -0.00205. The second-order valence-corrected chi connectivity index (χ2v) is 5.85. The van der Waals surface area contributed by atoms with E-state index < -0.39 is 0 Å². The van der Waals surface area contributed by atoms with Gasteiger partial charge in [0, 0.05) is 4.47 Å². The molecule has 0 spiro atoms. The Morgan fingerprint density at radius 3 is 2.78 bits per heavy atom. The molecule has 0 amide bonds. The van der Waals surface area contributed by atoms with Crippen LogP contribution in [0.15, 0.2) is 34.1 Å². The van der Waals surface area contributed by atoms with Crippen LogP contribution in [0, 0.1) is 13.8 Å². The molecule has 2 nitrogen and oxygen atoms in total. The molecule has 0 saturated carbocycles. The van der Waals surface area contributed by atoms with E-state index in [2.05, 4.69) is 15.9 Å². The van der Waals surface area contributed by atoms with Gasteiger partial charge in [-0.05, 0) is 58.4 Å². The Hall–Kier alpha value is -1.13. The monoisotopic (exact) mass is 324 g/mol. The Bertz CT molecular complexity index is 575. The molecule has 0 saturated heterocycles. The Kier molecular flexibility index (Phi) is 4.19. The number of Topliss-reactive ketones (excluding diaryl/α,β-unsaturated/α-hetero) is 1.